The molecule has 3 aliphatic rings. The van der Waals surface area contributed by atoms with Crippen molar-refractivity contribution in [1.29, 1.82) is 0 Å². The molecule has 0 amide bonds. The molecule has 0 aromatic carbocycles. The van der Waals surface area contributed by atoms with E-state index in [2.05, 4.69) is 32.8 Å². The molecule has 2 atom stereocenters. The highest BCUT2D eigenvalue weighted by atomic mass is 16.5. The topological polar surface area (TPSA) is 31.8 Å². The number of hydrogen-bond acceptors (Lipinski definition) is 5. The summed E-state index contributed by atoms with van der Waals surface area (Å²) in [5.41, 5.74) is 0. The number of pyridine rings is 1. The van der Waals surface area contributed by atoms with Gasteiger partial charge in [-0.25, -0.2) is 4.98 Å². The van der Waals surface area contributed by atoms with Gasteiger partial charge in [0.05, 0.1) is 0 Å². The smallest absolute Gasteiger partial charge is 0.171 e. The van der Waals surface area contributed by atoms with Crippen LogP contribution in [0.4, 0.5) is 5.82 Å². The fourth-order valence-electron chi connectivity index (χ4n) is 4.39. The van der Waals surface area contributed by atoms with Crippen LogP contribution in [-0.2, 0) is 0 Å². The van der Waals surface area contributed by atoms with E-state index in [-0.39, 0.29) is 0 Å². The van der Waals surface area contributed by atoms with Gasteiger partial charge in [0.15, 0.2) is 11.6 Å². The number of aromatic nitrogens is 1. The molecule has 0 aliphatic carbocycles. The fraction of sp³-hybridized carbons (Fsp3) is 0.737. The van der Waals surface area contributed by atoms with Gasteiger partial charge in [-0.1, -0.05) is 0 Å². The average molecular weight is 330 g/mol. The lowest BCUT2D eigenvalue weighted by Gasteiger charge is -2.26. The van der Waals surface area contributed by atoms with Gasteiger partial charge in [0.2, 0.25) is 0 Å². The lowest BCUT2D eigenvalue weighted by Crippen LogP contribution is -2.38. The molecular formula is C19H30N4O. The van der Waals surface area contributed by atoms with Crippen LogP contribution in [0.3, 0.4) is 0 Å². The molecule has 3 saturated heterocycles. The van der Waals surface area contributed by atoms with Gasteiger partial charge in [-0.2, -0.15) is 0 Å². The quantitative estimate of drug-likeness (QED) is 0.826. The van der Waals surface area contributed by atoms with Crippen LogP contribution in [0.15, 0.2) is 18.3 Å². The van der Waals surface area contributed by atoms with E-state index < -0.39 is 0 Å². The zero-order valence-electron chi connectivity index (χ0n) is 14.9. The molecule has 0 spiro atoms. The van der Waals surface area contributed by atoms with Gasteiger partial charge in [0.1, 0.15) is 6.10 Å². The predicted octanol–water partition coefficient (Wildman–Crippen LogP) is 2.23. The van der Waals surface area contributed by atoms with Crippen molar-refractivity contribution < 1.29 is 4.74 Å². The van der Waals surface area contributed by atoms with Crippen LogP contribution in [0, 0.1) is 0 Å². The molecule has 132 valence electrons. The number of hydrogen-bond donors (Lipinski definition) is 0. The van der Waals surface area contributed by atoms with Crippen molar-refractivity contribution >= 4 is 5.82 Å². The molecule has 3 aliphatic heterocycles. The summed E-state index contributed by atoms with van der Waals surface area (Å²) >= 11 is 0. The van der Waals surface area contributed by atoms with Crippen molar-refractivity contribution in [3.8, 4) is 5.75 Å². The van der Waals surface area contributed by atoms with Crippen LogP contribution in [0.5, 0.6) is 5.75 Å². The van der Waals surface area contributed by atoms with E-state index in [9.17, 15) is 0 Å². The summed E-state index contributed by atoms with van der Waals surface area (Å²) in [6.45, 7) is 6.89. The molecule has 0 unspecified atom stereocenters. The minimum absolute atomic E-state index is 0.308. The molecular weight excluding hydrogens is 300 g/mol. The Morgan fingerprint density at radius 2 is 2.00 bits per heavy atom. The Morgan fingerprint density at radius 3 is 2.79 bits per heavy atom. The van der Waals surface area contributed by atoms with Gasteiger partial charge in [-0.15, -0.1) is 0 Å². The fourth-order valence-corrected chi connectivity index (χ4v) is 4.39. The van der Waals surface area contributed by atoms with E-state index >= 15 is 0 Å². The third-order valence-electron chi connectivity index (χ3n) is 5.82. The number of nitrogens with zero attached hydrogens (tertiary/aromatic N) is 4. The van der Waals surface area contributed by atoms with Crippen molar-refractivity contribution in [2.24, 2.45) is 0 Å². The molecule has 0 N–H and O–H groups in total. The number of anilines is 1. The molecule has 0 saturated carbocycles. The second kappa shape index (κ2) is 7.28. The zero-order chi connectivity index (χ0) is 16.4. The summed E-state index contributed by atoms with van der Waals surface area (Å²) in [6, 6.07) is 4.82. The number of likely N-dealkylation sites (N-methyl/N-ethyl adjacent to an activating group) is 1. The Morgan fingerprint density at radius 1 is 1.12 bits per heavy atom. The van der Waals surface area contributed by atoms with E-state index in [0.29, 0.717) is 6.10 Å². The van der Waals surface area contributed by atoms with Crippen LogP contribution >= 0.6 is 0 Å². The van der Waals surface area contributed by atoms with Crippen molar-refractivity contribution in [2.75, 3.05) is 51.2 Å². The molecule has 5 nitrogen and oxygen atoms in total. The Bertz CT molecular complexity index is 546. The largest absolute Gasteiger partial charge is 0.485 e. The summed E-state index contributed by atoms with van der Waals surface area (Å²) < 4.78 is 6.38. The highest BCUT2D eigenvalue weighted by molar-refractivity contribution is 5.52. The van der Waals surface area contributed by atoms with Gasteiger partial charge in [-0.05, 0) is 57.8 Å². The van der Waals surface area contributed by atoms with Gasteiger partial charge in [0.25, 0.3) is 0 Å². The first kappa shape index (κ1) is 16.2. The molecule has 1 aromatic rings. The average Bonchev–Trinajstić information content (AvgIpc) is 3.32. The monoisotopic (exact) mass is 330 g/mol. The Hall–Kier alpha value is -1.33. The Labute approximate surface area is 145 Å². The minimum Gasteiger partial charge on any atom is -0.485 e. The van der Waals surface area contributed by atoms with Crippen LogP contribution in [0.1, 0.15) is 32.1 Å². The maximum atomic E-state index is 6.38. The molecule has 1 aromatic heterocycles. The van der Waals surface area contributed by atoms with E-state index in [1.165, 1.54) is 38.8 Å². The van der Waals surface area contributed by atoms with Gasteiger partial charge in [-0.3, -0.25) is 4.90 Å². The summed E-state index contributed by atoms with van der Waals surface area (Å²) in [5.74, 6) is 2.02. The van der Waals surface area contributed by atoms with Gasteiger partial charge in [0, 0.05) is 45.0 Å². The first-order valence-electron chi connectivity index (χ1n) is 9.59. The van der Waals surface area contributed by atoms with E-state index in [1.807, 2.05) is 12.3 Å². The molecule has 0 bridgehead atoms. The number of rotatable bonds is 5. The number of ether oxygens (including phenoxy) is 1. The molecule has 3 fully saturated rings. The third-order valence-corrected chi connectivity index (χ3v) is 5.82. The van der Waals surface area contributed by atoms with E-state index in [1.54, 1.807) is 0 Å². The molecule has 4 rings (SSSR count). The highest BCUT2D eigenvalue weighted by Gasteiger charge is 2.30. The van der Waals surface area contributed by atoms with Crippen molar-refractivity contribution in [2.45, 2.75) is 44.2 Å². The van der Waals surface area contributed by atoms with Crippen molar-refractivity contribution in [3.63, 3.8) is 0 Å². The maximum Gasteiger partial charge on any atom is 0.171 e. The second-order valence-corrected chi connectivity index (χ2v) is 7.58. The zero-order valence-corrected chi connectivity index (χ0v) is 14.9. The Balaban J connectivity index is 1.35. The summed E-state index contributed by atoms with van der Waals surface area (Å²) in [6.07, 6.45) is 8.55. The van der Waals surface area contributed by atoms with Gasteiger partial charge >= 0.3 is 0 Å². The van der Waals surface area contributed by atoms with Crippen molar-refractivity contribution in [1.82, 2.24) is 14.8 Å². The molecule has 5 heteroatoms. The van der Waals surface area contributed by atoms with E-state index in [4.69, 9.17) is 4.74 Å². The normalized spacial score (nSPS) is 28.8. The summed E-state index contributed by atoms with van der Waals surface area (Å²) in [7, 11) is 2.26. The lowest BCUT2D eigenvalue weighted by molar-refractivity contribution is 0.179. The summed E-state index contributed by atoms with van der Waals surface area (Å²) in [4.78, 5) is 12.1. The summed E-state index contributed by atoms with van der Waals surface area (Å²) in [5, 5.41) is 0. The lowest BCUT2D eigenvalue weighted by atomic mass is 10.2. The first-order valence-corrected chi connectivity index (χ1v) is 9.59. The van der Waals surface area contributed by atoms with Crippen LogP contribution in [0.2, 0.25) is 0 Å². The number of likely N-dealkylation sites (tertiary alicyclic amines) is 2. The minimum atomic E-state index is 0.308. The predicted molar refractivity (Wildman–Crippen MR) is 96.8 cm³/mol. The third kappa shape index (κ3) is 3.52. The highest BCUT2D eigenvalue weighted by Crippen LogP contribution is 2.30. The maximum absolute atomic E-state index is 6.38. The second-order valence-electron chi connectivity index (χ2n) is 7.58. The first-order chi connectivity index (χ1) is 11.8. The Kier molecular flexibility index (Phi) is 4.90. The SMILES string of the molecule is CN1CCC[C@H]1CN1CC[C@H](Oc2cccnc2N2CCCC2)C1. The molecule has 0 radical (unpaired) electrons. The van der Waals surface area contributed by atoms with Gasteiger partial charge < -0.3 is 14.5 Å². The standard InChI is InChI=1S/C19H30N4O/c1-21-10-5-6-16(21)14-22-13-8-17(15-22)24-18-7-4-9-20-19(18)23-11-2-3-12-23/h4,7,9,16-17H,2-3,5-6,8,10-15H2,1H3/t16-,17-/m0/s1. The van der Waals surface area contributed by atoms with Crippen LogP contribution < -0.4 is 9.64 Å². The van der Waals surface area contributed by atoms with Crippen molar-refractivity contribution in [3.05, 3.63) is 18.3 Å². The molecule has 24 heavy (non-hydrogen) atoms. The van der Waals surface area contributed by atoms with Crippen LogP contribution in [0.25, 0.3) is 0 Å². The molecule has 4 heterocycles. The van der Waals surface area contributed by atoms with Crippen LogP contribution in [-0.4, -0.2) is 73.2 Å². The van der Waals surface area contributed by atoms with E-state index in [0.717, 1.165) is 50.2 Å².